The Balaban J connectivity index is 1.25. The number of carboxylic acids is 1. The van der Waals surface area contributed by atoms with Crippen LogP contribution in [0.15, 0.2) is 90.4 Å². The molecule has 3 N–H and O–H groups in total. The Morgan fingerprint density at radius 2 is 1.90 bits per heavy atom. The van der Waals surface area contributed by atoms with Crippen molar-refractivity contribution >= 4 is 35.0 Å². The largest absolute Gasteiger partial charge is 0.481 e. The number of fused-ring (bicyclic) bond motifs is 1. The summed E-state index contributed by atoms with van der Waals surface area (Å²) in [5.74, 6) is -1.79. The highest BCUT2D eigenvalue weighted by atomic mass is 16.4. The first kappa shape index (κ1) is 27.7. The molecule has 0 spiro atoms. The van der Waals surface area contributed by atoms with Gasteiger partial charge in [-0.05, 0) is 35.8 Å². The topological polar surface area (TPSA) is 132 Å². The Labute approximate surface area is 237 Å². The van der Waals surface area contributed by atoms with Gasteiger partial charge in [-0.3, -0.25) is 24.2 Å². The molecule has 0 bridgehead atoms. The third-order valence-corrected chi connectivity index (χ3v) is 7.33. The second-order valence-corrected chi connectivity index (χ2v) is 10.2. The van der Waals surface area contributed by atoms with Gasteiger partial charge in [-0.15, -0.1) is 0 Å². The zero-order chi connectivity index (χ0) is 28.8. The maximum Gasteiger partial charge on any atom is 0.305 e. The zero-order valence-corrected chi connectivity index (χ0v) is 22.4. The molecule has 10 nitrogen and oxygen atoms in total. The van der Waals surface area contributed by atoms with Crippen molar-refractivity contribution in [1.82, 2.24) is 25.6 Å². The van der Waals surface area contributed by atoms with Crippen LogP contribution in [0.3, 0.4) is 0 Å². The van der Waals surface area contributed by atoms with E-state index in [9.17, 15) is 24.3 Å². The number of hydrogen-bond acceptors (Lipinski definition) is 7. The van der Waals surface area contributed by atoms with Gasteiger partial charge in [0.05, 0.1) is 36.0 Å². The highest BCUT2D eigenvalue weighted by Gasteiger charge is 2.33. The van der Waals surface area contributed by atoms with E-state index >= 15 is 0 Å². The lowest BCUT2D eigenvalue weighted by Crippen LogP contribution is -2.38. The van der Waals surface area contributed by atoms with E-state index in [4.69, 9.17) is 0 Å². The van der Waals surface area contributed by atoms with E-state index in [-0.39, 0.29) is 30.4 Å². The zero-order valence-electron chi connectivity index (χ0n) is 22.4. The first-order valence-electron chi connectivity index (χ1n) is 13.5. The lowest BCUT2D eigenvalue weighted by atomic mass is 10.0. The molecule has 41 heavy (non-hydrogen) atoms. The quantitative estimate of drug-likeness (QED) is 0.244. The Morgan fingerprint density at radius 1 is 1.12 bits per heavy atom. The van der Waals surface area contributed by atoms with Gasteiger partial charge in [0.2, 0.25) is 12.3 Å². The molecule has 1 aliphatic carbocycles. The molecule has 1 aromatic heterocycles. The minimum absolute atomic E-state index is 0.135. The number of carbonyl (C=O) groups is 4. The number of hydrazine groups is 1. The Bertz CT molecular complexity index is 1520. The minimum atomic E-state index is -1.03. The number of pyridine rings is 1. The molecule has 2 aromatic carbocycles. The summed E-state index contributed by atoms with van der Waals surface area (Å²) in [5, 5.41) is 14.6. The van der Waals surface area contributed by atoms with Crippen molar-refractivity contribution < 1.29 is 24.3 Å². The Hall–Kier alpha value is -4.83. The molecular weight excluding hydrogens is 522 g/mol. The predicted octanol–water partition coefficient (Wildman–Crippen LogP) is 3.09. The third-order valence-electron chi connectivity index (χ3n) is 7.33. The first-order valence-corrected chi connectivity index (χ1v) is 13.5. The van der Waals surface area contributed by atoms with E-state index in [1.165, 1.54) is 11.1 Å². The van der Waals surface area contributed by atoms with Crippen LogP contribution in [0.4, 0.5) is 0 Å². The SMILES string of the molecule is O=CN(NCc1ccccc1)C1=CC(=O)CC(N2CCC(C(=O)NC(CC(=O)O)c3cnc4ccccc4c3)C2)=C1. The number of nitrogens with zero attached hydrogens (tertiary/aromatic N) is 3. The summed E-state index contributed by atoms with van der Waals surface area (Å²) in [6.45, 7) is 1.35. The molecular formula is C31H31N5O5. The number of amides is 2. The lowest BCUT2D eigenvalue weighted by Gasteiger charge is -2.27. The second-order valence-electron chi connectivity index (χ2n) is 10.2. The van der Waals surface area contributed by atoms with Crippen LogP contribution in [0.1, 0.15) is 36.4 Å². The van der Waals surface area contributed by atoms with E-state index < -0.39 is 12.0 Å². The Kier molecular flexibility index (Phi) is 8.50. The number of ketones is 1. The molecule has 2 atom stereocenters. The monoisotopic (exact) mass is 553 g/mol. The van der Waals surface area contributed by atoms with Gasteiger partial charge in [0.15, 0.2) is 5.78 Å². The fourth-order valence-corrected chi connectivity index (χ4v) is 5.19. The number of nitrogens with one attached hydrogen (secondary N) is 2. The van der Waals surface area contributed by atoms with Crippen molar-refractivity contribution in [2.45, 2.75) is 31.8 Å². The molecule has 10 heteroatoms. The first-order chi connectivity index (χ1) is 19.9. The fraction of sp³-hybridized carbons (Fsp3) is 0.258. The minimum Gasteiger partial charge on any atom is -0.481 e. The van der Waals surface area contributed by atoms with Crippen LogP contribution in [0.5, 0.6) is 0 Å². The number of para-hydroxylation sites is 1. The van der Waals surface area contributed by atoms with Gasteiger partial charge in [-0.25, -0.2) is 10.4 Å². The molecule has 210 valence electrons. The third kappa shape index (κ3) is 6.85. The molecule has 0 saturated carbocycles. The molecule has 3 aromatic rings. The molecule has 1 aliphatic heterocycles. The summed E-state index contributed by atoms with van der Waals surface area (Å²) in [5.41, 5.74) is 6.61. The van der Waals surface area contributed by atoms with Gasteiger partial charge < -0.3 is 15.3 Å². The maximum absolute atomic E-state index is 13.3. The highest BCUT2D eigenvalue weighted by Crippen LogP contribution is 2.28. The van der Waals surface area contributed by atoms with E-state index in [1.54, 1.807) is 12.3 Å². The number of allylic oxidation sites excluding steroid dienone is 3. The van der Waals surface area contributed by atoms with Gasteiger partial charge in [-0.1, -0.05) is 48.5 Å². The number of hydrogen-bond donors (Lipinski definition) is 3. The van der Waals surface area contributed by atoms with Crippen LogP contribution in [-0.4, -0.2) is 57.2 Å². The van der Waals surface area contributed by atoms with Crippen LogP contribution in [-0.2, 0) is 25.7 Å². The summed E-state index contributed by atoms with van der Waals surface area (Å²) < 4.78 is 0. The van der Waals surface area contributed by atoms with Crippen molar-refractivity contribution in [3.8, 4) is 0 Å². The lowest BCUT2D eigenvalue weighted by molar-refractivity contribution is -0.138. The fourth-order valence-electron chi connectivity index (χ4n) is 5.19. The van der Waals surface area contributed by atoms with E-state index in [0.717, 1.165) is 22.2 Å². The van der Waals surface area contributed by atoms with Gasteiger partial charge in [0, 0.05) is 43.0 Å². The number of carbonyl (C=O) groups excluding carboxylic acids is 3. The number of rotatable bonds is 11. The molecule has 1 saturated heterocycles. The molecule has 2 aliphatic rings. The van der Waals surface area contributed by atoms with Crippen LogP contribution in [0.25, 0.3) is 10.9 Å². The smallest absolute Gasteiger partial charge is 0.305 e. The Morgan fingerprint density at radius 3 is 2.68 bits per heavy atom. The molecule has 1 fully saturated rings. The molecule has 0 radical (unpaired) electrons. The second kappa shape index (κ2) is 12.6. The van der Waals surface area contributed by atoms with Crippen molar-refractivity contribution in [2.24, 2.45) is 5.92 Å². The van der Waals surface area contributed by atoms with E-state index in [0.29, 0.717) is 43.7 Å². The van der Waals surface area contributed by atoms with E-state index in [1.807, 2.05) is 65.6 Å². The van der Waals surface area contributed by atoms with Crippen molar-refractivity contribution in [3.63, 3.8) is 0 Å². The van der Waals surface area contributed by atoms with Crippen LogP contribution < -0.4 is 10.7 Å². The maximum atomic E-state index is 13.3. The summed E-state index contributed by atoms with van der Waals surface area (Å²) in [7, 11) is 0. The van der Waals surface area contributed by atoms with Gasteiger partial charge in [0.25, 0.3) is 0 Å². The van der Waals surface area contributed by atoms with Gasteiger partial charge >= 0.3 is 5.97 Å². The summed E-state index contributed by atoms with van der Waals surface area (Å²) in [6.07, 6.45) is 5.92. The van der Waals surface area contributed by atoms with Gasteiger partial charge in [-0.2, -0.15) is 0 Å². The predicted molar refractivity (Wildman–Crippen MR) is 152 cm³/mol. The summed E-state index contributed by atoms with van der Waals surface area (Å²) in [6, 6.07) is 18.2. The number of benzene rings is 2. The molecule has 2 unspecified atom stereocenters. The van der Waals surface area contributed by atoms with Crippen molar-refractivity contribution in [1.29, 1.82) is 0 Å². The average molecular weight is 554 g/mol. The standard InChI is InChI=1S/C31H31N5O5/c37-20-36(33-17-21-6-2-1-3-7-21)26-13-25(14-27(38)15-26)35-11-10-23(19-35)31(41)34-29(16-30(39)40)24-12-22-8-4-5-9-28(22)32-18-24/h1-9,12-13,15,18,20,23,29,33H,10-11,14,16-17,19H2,(H,34,41)(H,39,40). The van der Waals surface area contributed by atoms with Crippen LogP contribution >= 0.6 is 0 Å². The number of aliphatic carboxylic acids is 1. The van der Waals surface area contributed by atoms with Gasteiger partial charge in [0.1, 0.15) is 0 Å². The molecule has 5 rings (SSSR count). The van der Waals surface area contributed by atoms with Crippen LogP contribution in [0.2, 0.25) is 0 Å². The summed E-state index contributed by atoms with van der Waals surface area (Å²) >= 11 is 0. The average Bonchev–Trinajstić information content (AvgIpc) is 3.48. The number of aromatic nitrogens is 1. The molecule has 2 heterocycles. The van der Waals surface area contributed by atoms with E-state index in [2.05, 4.69) is 15.7 Å². The molecule has 2 amide bonds. The number of carboxylic acid groups (broad SMARTS) is 1. The highest BCUT2D eigenvalue weighted by molar-refractivity contribution is 5.94. The van der Waals surface area contributed by atoms with Crippen molar-refractivity contribution in [3.05, 3.63) is 102 Å². The van der Waals surface area contributed by atoms with Crippen LogP contribution in [0, 0.1) is 5.92 Å². The van der Waals surface area contributed by atoms with Crippen molar-refractivity contribution in [2.75, 3.05) is 13.1 Å². The summed E-state index contributed by atoms with van der Waals surface area (Å²) in [4.78, 5) is 55.8. The number of likely N-dealkylation sites (tertiary alicyclic amines) is 1. The normalized spacial score (nSPS) is 17.5.